The maximum Gasteiger partial charge on any atom is 0.269 e. The molecule has 0 amide bonds. The number of nitrogens with two attached hydrogens (primary N) is 1. The second-order valence-corrected chi connectivity index (χ2v) is 3.98. The van der Waals surface area contributed by atoms with Crippen molar-refractivity contribution in [1.82, 2.24) is 9.55 Å². The van der Waals surface area contributed by atoms with Gasteiger partial charge in [-0.3, -0.25) is 10.1 Å². The average molecular weight is 246 g/mol. The molecule has 6 heteroatoms. The molecule has 0 unspecified atom stereocenters. The number of rotatable bonds is 5. The van der Waals surface area contributed by atoms with E-state index in [4.69, 9.17) is 5.73 Å². The monoisotopic (exact) mass is 246 g/mol. The van der Waals surface area contributed by atoms with E-state index in [1.165, 1.54) is 6.07 Å². The molecule has 0 saturated carbocycles. The molecule has 2 rings (SSSR count). The number of hydrogen-bond acceptors (Lipinski definition) is 4. The van der Waals surface area contributed by atoms with Gasteiger partial charge in [-0.15, -0.1) is 0 Å². The topological polar surface area (TPSA) is 87.0 Å². The highest BCUT2D eigenvalue weighted by atomic mass is 16.6. The molecular formula is C12H14N4O2. The van der Waals surface area contributed by atoms with Crippen molar-refractivity contribution in [3.63, 3.8) is 0 Å². The second-order valence-electron chi connectivity index (χ2n) is 3.98. The smallest absolute Gasteiger partial charge is 0.269 e. The van der Waals surface area contributed by atoms with E-state index in [-0.39, 0.29) is 5.69 Å². The van der Waals surface area contributed by atoms with Crippen molar-refractivity contribution in [3.05, 3.63) is 58.2 Å². The summed E-state index contributed by atoms with van der Waals surface area (Å²) in [4.78, 5) is 14.4. The first-order valence-corrected chi connectivity index (χ1v) is 5.63. The van der Waals surface area contributed by atoms with Crippen LogP contribution in [0.15, 0.2) is 36.8 Å². The van der Waals surface area contributed by atoms with Gasteiger partial charge in [0.05, 0.1) is 11.3 Å². The number of nitro benzene ring substituents is 1. The van der Waals surface area contributed by atoms with Crippen LogP contribution >= 0.6 is 0 Å². The molecule has 0 spiro atoms. The molecule has 6 nitrogen and oxygen atoms in total. The summed E-state index contributed by atoms with van der Waals surface area (Å²) in [6.45, 7) is 1.12. The fourth-order valence-electron chi connectivity index (χ4n) is 1.81. The van der Waals surface area contributed by atoms with Gasteiger partial charge in [-0.05, 0) is 12.1 Å². The van der Waals surface area contributed by atoms with Gasteiger partial charge in [0.2, 0.25) is 0 Å². The Morgan fingerprint density at radius 3 is 3.00 bits per heavy atom. The van der Waals surface area contributed by atoms with Crippen LogP contribution in [0.4, 0.5) is 5.69 Å². The van der Waals surface area contributed by atoms with Crippen LogP contribution in [0, 0.1) is 10.1 Å². The summed E-state index contributed by atoms with van der Waals surface area (Å²) in [5.74, 6) is 0. The van der Waals surface area contributed by atoms with Crippen LogP contribution in [0.25, 0.3) is 0 Å². The fourth-order valence-corrected chi connectivity index (χ4v) is 1.81. The lowest BCUT2D eigenvalue weighted by atomic mass is 10.2. The minimum absolute atomic E-state index is 0.105. The number of non-ortho nitro benzene ring substituents is 1. The molecule has 0 aliphatic carbocycles. The number of nitrogens with zero attached hydrogens (tertiary/aromatic N) is 3. The Bertz CT molecular complexity index is 551. The predicted molar refractivity (Wildman–Crippen MR) is 67.2 cm³/mol. The average Bonchev–Trinajstić information content (AvgIpc) is 2.77. The standard InChI is InChI=1S/C12H14N4O2/c13-5-4-12-7-14-9-15(12)8-10-2-1-3-11(6-10)16(17)18/h1-3,6-7,9H,4-5,8,13H2. The Labute approximate surface area is 104 Å². The Kier molecular flexibility index (Phi) is 3.69. The molecule has 1 aromatic carbocycles. The van der Waals surface area contributed by atoms with Crippen LogP contribution in [-0.2, 0) is 13.0 Å². The van der Waals surface area contributed by atoms with Gasteiger partial charge < -0.3 is 10.3 Å². The van der Waals surface area contributed by atoms with Gasteiger partial charge in [0.15, 0.2) is 0 Å². The Hall–Kier alpha value is -2.21. The molecule has 18 heavy (non-hydrogen) atoms. The van der Waals surface area contributed by atoms with E-state index in [1.807, 2.05) is 10.6 Å². The molecule has 0 aliphatic heterocycles. The van der Waals surface area contributed by atoms with Crippen LogP contribution in [0.3, 0.4) is 0 Å². The van der Waals surface area contributed by atoms with Crippen molar-refractivity contribution in [2.45, 2.75) is 13.0 Å². The first-order valence-electron chi connectivity index (χ1n) is 5.63. The third-order valence-corrected chi connectivity index (χ3v) is 2.67. The van der Waals surface area contributed by atoms with Crippen molar-refractivity contribution in [1.29, 1.82) is 0 Å². The fraction of sp³-hybridized carbons (Fsp3) is 0.250. The lowest BCUT2D eigenvalue weighted by molar-refractivity contribution is -0.384. The summed E-state index contributed by atoms with van der Waals surface area (Å²) < 4.78 is 1.95. The highest BCUT2D eigenvalue weighted by Gasteiger charge is 2.07. The molecule has 0 atom stereocenters. The number of hydrogen-bond donors (Lipinski definition) is 1. The molecule has 1 heterocycles. The molecule has 94 valence electrons. The van der Waals surface area contributed by atoms with Crippen LogP contribution in [0.5, 0.6) is 0 Å². The zero-order chi connectivity index (χ0) is 13.0. The third kappa shape index (κ3) is 2.72. The lowest BCUT2D eigenvalue weighted by Gasteiger charge is -2.07. The molecule has 0 fully saturated rings. The number of benzene rings is 1. The molecule has 2 N–H and O–H groups in total. The zero-order valence-corrected chi connectivity index (χ0v) is 9.82. The zero-order valence-electron chi connectivity index (χ0n) is 9.82. The second kappa shape index (κ2) is 5.42. The van der Waals surface area contributed by atoms with Crippen LogP contribution in [0.1, 0.15) is 11.3 Å². The van der Waals surface area contributed by atoms with Crippen molar-refractivity contribution in [3.8, 4) is 0 Å². The van der Waals surface area contributed by atoms with E-state index >= 15 is 0 Å². The van der Waals surface area contributed by atoms with Crippen LogP contribution in [0.2, 0.25) is 0 Å². The molecule has 0 radical (unpaired) electrons. The molecule has 2 aromatic rings. The van der Waals surface area contributed by atoms with Crippen molar-refractivity contribution < 1.29 is 4.92 Å². The van der Waals surface area contributed by atoms with Crippen LogP contribution < -0.4 is 5.73 Å². The van der Waals surface area contributed by atoms with Gasteiger partial charge in [0, 0.05) is 37.0 Å². The van der Waals surface area contributed by atoms with Gasteiger partial charge in [0.1, 0.15) is 0 Å². The normalized spacial score (nSPS) is 10.5. The number of aromatic nitrogens is 2. The summed E-state index contributed by atoms with van der Waals surface area (Å²) in [6.07, 6.45) is 4.23. The molecular weight excluding hydrogens is 232 g/mol. The van der Waals surface area contributed by atoms with E-state index < -0.39 is 4.92 Å². The first-order chi connectivity index (χ1) is 8.70. The molecule has 0 saturated heterocycles. The summed E-state index contributed by atoms with van der Waals surface area (Å²) in [5.41, 5.74) is 7.53. The lowest BCUT2D eigenvalue weighted by Crippen LogP contribution is -2.09. The van der Waals surface area contributed by atoms with Crippen molar-refractivity contribution in [2.75, 3.05) is 6.54 Å². The summed E-state index contributed by atoms with van der Waals surface area (Å²) in [5, 5.41) is 10.7. The number of nitro groups is 1. The maximum atomic E-state index is 10.7. The molecule has 1 aromatic heterocycles. The van der Waals surface area contributed by atoms with E-state index in [0.717, 1.165) is 17.7 Å². The Morgan fingerprint density at radius 2 is 2.28 bits per heavy atom. The maximum absolute atomic E-state index is 10.7. The van der Waals surface area contributed by atoms with E-state index in [1.54, 1.807) is 24.7 Å². The van der Waals surface area contributed by atoms with Gasteiger partial charge in [-0.25, -0.2) is 4.98 Å². The van der Waals surface area contributed by atoms with E-state index in [9.17, 15) is 10.1 Å². The number of imidazole rings is 1. The van der Waals surface area contributed by atoms with E-state index in [0.29, 0.717) is 13.1 Å². The third-order valence-electron chi connectivity index (χ3n) is 2.67. The summed E-state index contributed by atoms with van der Waals surface area (Å²) in [7, 11) is 0. The predicted octanol–water partition coefficient (Wildman–Crippen LogP) is 1.34. The Balaban J connectivity index is 2.20. The molecule has 0 bridgehead atoms. The Morgan fingerprint density at radius 1 is 1.44 bits per heavy atom. The van der Waals surface area contributed by atoms with Gasteiger partial charge >= 0.3 is 0 Å². The van der Waals surface area contributed by atoms with Gasteiger partial charge in [-0.1, -0.05) is 12.1 Å². The first kappa shape index (κ1) is 12.3. The quantitative estimate of drug-likeness (QED) is 0.637. The van der Waals surface area contributed by atoms with Crippen molar-refractivity contribution >= 4 is 5.69 Å². The highest BCUT2D eigenvalue weighted by molar-refractivity contribution is 5.34. The highest BCUT2D eigenvalue weighted by Crippen LogP contribution is 2.14. The van der Waals surface area contributed by atoms with Crippen LogP contribution in [-0.4, -0.2) is 21.0 Å². The molecule has 0 aliphatic rings. The summed E-state index contributed by atoms with van der Waals surface area (Å²) >= 11 is 0. The minimum Gasteiger partial charge on any atom is -0.330 e. The minimum atomic E-state index is -0.391. The van der Waals surface area contributed by atoms with Gasteiger partial charge in [0.25, 0.3) is 5.69 Å². The SMILES string of the molecule is NCCc1cncn1Cc1cccc([N+](=O)[O-])c1. The largest absolute Gasteiger partial charge is 0.330 e. The summed E-state index contributed by atoms with van der Waals surface area (Å²) in [6, 6.07) is 6.61. The van der Waals surface area contributed by atoms with Gasteiger partial charge in [-0.2, -0.15) is 0 Å². The van der Waals surface area contributed by atoms with E-state index in [2.05, 4.69) is 4.98 Å². The van der Waals surface area contributed by atoms with Crippen molar-refractivity contribution in [2.24, 2.45) is 5.73 Å².